The van der Waals surface area contributed by atoms with Crippen LogP contribution in [0, 0.1) is 11.8 Å². The second-order valence-electron chi connectivity index (χ2n) is 6.41. The van der Waals surface area contributed by atoms with Crippen LogP contribution in [0.5, 0.6) is 5.75 Å². The second kappa shape index (κ2) is 8.91. The summed E-state index contributed by atoms with van der Waals surface area (Å²) in [4.78, 5) is 22.6. The van der Waals surface area contributed by atoms with Gasteiger partial charge < -0.3 is 15.2 Å². The zero-order chi connectivity index (χ0) is 19.2. The average molecular weight is 373 g/mol. The van der Waals surface area contributed by atoms with Crippen molar-refractivity contribution in [3.63, 3.8) is 0 Å². The quantitative estimate of drug-likeness (QED) is 0.770. The van der Waals surface area contributed by atoms with Crippen LogP contribution in [0.2, 0.25) is 0 Å². The summed E-state index contributed by atoms with van der Waals surface area (Å²) in [5.41, 5.74) is 0.865. The predicted octanol–water partition coefficient (Wildman–Crippen LogP) is 3.18. The van der Waals surface area contributed by atoms with Crippen molar-refractivity contribution in [3.8, 4) is 5.75 Å². The summed E-state index contributed by atoms with van der Waals surface area (Å²) in [6, 6.07) is 6.67. The number of alkyl halides is 3. The van der Waals surface area contributed by atoms with E-state index in [1.165, 1.54) is 0 Å². The first kappa shape index (κ1) is 20.1. The number of carbonyl (C=O) groups is 2. The summed E-state index contributed by atoms with van der Waals surface area (Å²) in [5, 5.41) is 11.1. The maximum atomic E-state index is 13.1. The Hall–Kier alpha value is -2.25. The molecule has 1 aromatic carbocycles. The molecule has 1 aromatic rings. The van der Waals surface area contributed by atoms with Gasteiger partial charge in [-0.15, -0.1) is 0 Å². The van der Waals surface area contributed by atoms with E-state index < -0.39 is 36.5 Å². The molecule has 1 fully saturated rings. The number of nitrogens with one attached hydrogen (secondary N) is 1. The van der Waals surface area contributed by atoms with Crippen molar-refractivity contribution in [1.29, 1.82) is 0 Å². The van der Waals surface area contributed by atoms with Gasteiger partial charge in [0.05, 0.1) is 5.92 Å². The Morgan fingerprint density at radius 3 is 2.42 bits per heavy atom. The highest BCUT2D eigenvalue weighted by atomic mass is 19.4. The van der Waals surface area contributed by atoms with Crippen LogP contribution in [0.25, 0.3) is 0 Å². The molecule has 0 aromatic heterocycles. The fourth-order valence-electron chi connectivity index (χ4n) is 3.20. The monoisotopic (exact) mass is 373 g/mol. The molecule has 26 heavy (non-hydrogen) atoms. The minimum Gasteiger partial charge on any atom is -0.482 e. The smallest absolute Gasteiger partial charge is 0.392 e. The number of amides is 1. The molecule has 1 aliphatic rings. The molecule has 2 N–H and O–H groups in total. The van der Waals surface area contributed by atoms with Gasteiger partial charge in [0.25, 0.3) is 0 Å². The summed E-state index contributed by atoms with van der Waals surface area (Å²) in [5.74, 6) is -3.75. The zero-order valence-corrected chi connectivity index (χ0v) is 14.2. The number of hydrogen-bond acceptors (Lipinski definition) is 3. The molecule has 2 rings (SSSR count). The zero-order valence-electron chi connectivity index (χ0n) is 14.2. The molecule has 0 heterocycles. The van der Waals surface area contributed by atoms with Gasteiger partial charge in [0, 0.05) is 12.5 Å². The van der Waals surface area contributed by atoms with Crippen molar-refractivity contribution >= 4 is 11.9 Å². The van der Waals surface area contributed by atoms with Gasteiger partial charge >= 0.3 is 12.1 Å². The molecule has 0 saturated heterocycles. The molecule has 0 radical (unpaired) electrons. The third kappa shape index (κ3) is 5.93. The number of rotatable bonds is 7. The van der Waals surface area contributed by atoms with E-state index in [0.717, 1.165) is 5.56 Å². The number of carbonyl (C=O) groups excluding carboxylic acids is 1. The van der Waals surface area contributed by atoms with Gasteiger partial charge in [0.15, 0.2) is 6.61 Å². The van der Waals surface area contributed by atoms with Crippen LogP contribution >= 0.6 is 0 Å². The highest BCUT2D eigenvalue weighted by molar-refractivity contribution is 5.79. The van der Waals surface area contributed by atoms with Crippen molar-refractivity contribution in [2.75, 3.05) is 13.2 Å². The first-order valence-corrected chi connectivity index (χ1v) is 8.55. The van der Waals surface area contributed by atoms with Crippen molar-refractivity contribution in [3.05, 3.63) is 29.8 Å². The van der Waals surface area contributed by atoms with Crippen LogP contribution in [-0.2, 0) is 16.0 Å². The van der Waals surface area contributed by atoms with E-state index in [1.807, 2.05) is 0 Å². The Balaban J connectivity index is 1.81. The Morgan fingerprint density at radius 2 is 1.81 bits per heavy atom. The summed E-state index contributed by atoms with van der Waals surface area (Å²) < 4.78 is 44.2. The van der Waals surface area contributed by atoms with E-state index in [1.54, 1.807) is 24.3 Å². The second-order valence-corrected chi connectivity index (χ2v) is 6.41. The van der Waals surface area contributed by atoms with Gasteiger partial charge in [-0.25, -0.2) is 4.79 Å². The third-order valence-electron chi connectivity index (χ3n) is 4.52. The Labute approximate surface area is 149 Å². The maximum absolute atomic E-state index is 13.1. The van der Waals surface area contributed by atoms with Gasteiger partial charge in [-0.05, 0) is 37.0 Å². The lowest BCUT2D eigenvalue weighted by molar-refractivity contribution is -0.198. The van der Waals surface area contributed by atoms with Crippen molar-refractivity contribution in [1.82, 2.24) is 5.32 Å². The van der Waals surface area contributed by atoms with E-state index >= 15 is 0 Å². The van der Waals surface area contributed by atoms with Crippen LogP contribution in [0.15, 0.2) is 24.3 Å². The molecule has 5 nitrogen and oxygen atoms in total. The molecular weight excluding hydrogens is 351 g/mol. The third-order valence-corrected chi connectivity index (χ3v) is 4.52. The number of aliphatic carboxylic acids is 1. The summed E-state index contributed by atoms with van der Waals surface area (Å²) in [7, 11) is 0. The van der Waals surface area contributed by atoms with Gasteiger partial charge in [-0.3, -0.25) is 4.79 Å². The lowest BCUT2D eigenvalue weighted by Gasteiger charge is -2.32. The van der Waals surface area contributed by atoms with Crippen molar-refractivity contribution in [2.24, 2.45) is 11.8 Å². The Morgan fingerprint density at radius 1 is 1.15 bits per heavy atom. The molecule has 0 aliphatic heterocycles. The van der Waals surface area contributed by atoms with Crippen LogP contribution in [-0.4, -0.2) is 36.3 Å². The van der Waals surface area contributed by atoms with E-state index in [9.17, 15) is 22.8 Å². The molecule has 2 unspecified atom stereocenters. The number of carboxylic acids is 1. The lowest BCUT2D eigenvalue weighted by Crippen LogP contribution is -2.43. The Bertz CT molecular complexity index is 616. The molecular formula is C18H22F3NO4. The van der Waals surface area contributed by atoms with Crippen LogP contribution in [0.4, 0.5) is 13.2 Å². The van der Waals surface area contributed by atoms with Gasteiger partial charge in [-0.2, -0.15) is 13.2 Å². The van der Waals surface area contributed by atoms with E-state index in [4.69, 9.17) is 9.84 Å². The molecule has 1 aliphatic carbocycles. The molecule has 0 spiro atoms. The largest absolute Gasteiger partial charge is 0.482 e. The highest BCUT2D eigenvalue weighted by Gasteiger charge is 2.47. The van der Waals surface area contributed by atoms with Crippen molar-refractivity contribution < 1.29 is 32.6 Å². The Kier molecular flexibility index (Phi) is 6.88. The summed E-state index contributed by atoms with van der Waals surface area (Å²) in [6.07, 6.45) is -2.44. The molecule has 1 saturated carbocycles. The molecule has 1 amide bonds. The van der Waals surface area contributed by atoms with E-state index in [0.29, 0.717) is 25.0 Å². The van der Waals surface area contributed by atoms with Gasteiger partial charge in [-0.1, -0.05) is 25.0 Å². The maximum Gasteiger partial charge on any atom is 0.392 e. The normalized spacial score (nSPS) is 20.4. The summed E-state index contributed by atoms with van der Waals surface area (Å²) >= 11 is 0. The standard InChI is InChI=1S/C18H22F3NO4/c19-18(20,21)15-4-2-1-3-14(15)17(25)22-10-9-12-5-7-13(8-6-12)26-11-16(23)24/h5-8,14-15H,1-4,9-11H2,(H,22,25)(H,23,24). The highest BCUT2D eigenvalue weighted by Crippen LogP contribution is 2.41. The number of ether oxygens (including phenoxy) is 1. The van der Waals surface area contributed by atoms with Gasteiger partial charge in [0.2, 0.25) is 5.91 Å². The van der Waals surface area contributed by atoms with Crippen LogP contribution < -0.4 is 10.1 Å². The topological polar surface area (TPSA) is 75.6 Å². The first-order chi connectivity index (χ1) is 12.3. The number of carboxylic acid groups (broad SMARTS) is 1. The van der Waals surface area contributed by atoms with Crippen molar-refractivity contribution in [2.45, 2.75) is 38.3 Å². The van der Waals surface area contributed by atoms with Gasteiger partial charge in [0.1, 0.15) is 5.75 Å². The summed E-state index contributed by atoms with van der Waals surface area (Å²) in [6.45, 7) is -0.188. The SMILES string of the molecule is O=C(O)COc1ccc(CCNC(=O)C2CCCCC2C(F)(F)F)cc1. The van der Waals surface area contributed by atoms with E-state index in [-0.39, 0.29) is 19.4 Å². The molecule has 144 valence electrons. The number of halogens is 3. The number of hydrogen-bond donors (Lipinski definition) is 2. The van der Waals surface area contributed by atoms with Crippen LogP contribution in [0.1, 0.15) is 31.2 Å². The minimum atomic E-state index is -4.34. The molecule has 0 bridgehead atoms. The van der Waals surface area contributed by atoms with E-state index in [2.05, 4.69) is 5.32 Å². The average Bonchev–Trinajstić information content (AvgIpc) is 2.60. The molecule has 2 atom stereocenters. The predicted molar refractivity (Wildman–Crippen MR) is 87.8 cm³/mol. The lowest BCUT2D eigenvalue weighted by atomic mass is 9.78. The number of benzene rings is 1. The minimum absolute atomic E-state index is 0.0133. The molecule has 8 heteroatoms. The van der Waals surface area contributed by atoms with Crippen LogP contribution in [0.3, 0.4) is 0 Å². The fraction of sp³-hybridized carbons (Fsp3) is 0.556. The fourth-order valence-corrected chi connectivity index (χ4v) is 3.20. The first-order valence-electron chi connectivity index (χ1n) is 8.55.